The number of nitrogens with two attached hydrogens (primary N) is 1. The largest absolute Gasteiger partial charge is 0.522 e. The van der Waals surface area contributed by atoms with Gasteiger partial charge in [-0.1, -0.05) is 5.92 Å². The number of alkyl halides is 5. The van der Waals surface area contributed by atoms with E-state index in [1.165, 1.54) is 12.4 Å². The van der Waals surface area contributed by atoms with Gasteiger partial charge in [0.1, 0.15) is 17.3 Å². The van der Waals surface area contributed by atoms with Crippen LogP contribution in [0.15, 0.2) is 30.6 Å². The van der Waals surface area contributed by atoms with Gasteiger partial charge < -0.3 is 20.9 Å². The second-order valence-corrected chi connectivity index (χ2v) is 6.10. The Morgan fingerprint density at radius 3 is 2.56 bits per heavy atom. The first-order valence-electron chi connectivity index (χ1n) is 8.88. The van der Waals surface area contributed by atoms with Gasteiger partial charge in [-0.2, -0.15) is 8.78 Å². The molecule has 0 radical (unpaired) electrons. The van der Waals surface area contributed by atoms with Crippen molar-refractivity contribution in [3.05, 3.63) is 47.4 Å². The molecule has 4 N–H and O–H groups in total. The summed E-state index contributed by atoms with van der Waals surface area (Å²) < 4.78 is 69.5. The topological polar surface area (TPSA) is 120 Å². The van der Waals surface area contributed by atoms with Gasteiger partial charge in [-0.15, -0.1) is 13.2 Å². The van der Waals surface area contributed by atoms with E-state index in [0.717, 1.165) is 18.2 Å². The van der Waals surface area contributed by atoms with Crippen LogP contribution in [0.25, 0.3) is 0 Å². The lowest BCUT2D eigenvalue weighted by Crippen LogP contribution is -2.38. The molecular weight excluding hydrogens is 443 g/mol. The Morgan fingerprint density at radius 1 is 1.22 bits per heavy atom. The number of hydrogen-bond donors (Lipinski definition) is 3. The minimum Gasteiger partial charge on any atom is -0.434 e. The molecule has 2 aromatic rings. The molecule has 1 aromatic heterocycles. The van der Waals surface area contributed by atoms with Crippen molar-refractivity contribution < 1.29 is 41.3 Å². The first-order valence-corrected chi connectivity index (χ1v) is 8.88. The summed E-state index contributed by atoms with van der Waals surface area (Å²) in [5.41, 5.74) is 5.44. The maximum atomic E-state index is 12.7. The van der Waals surface area contributed by atoms with E-state index in [0.29, 0.717) is 0 Å². The van der Waals surface area contributed by atoms with E-state index >= 15 is 0 Å². The Bertz CT molecular complexity index is 974. The predicted molar refractivity (Wildman–Crippen MR) is 100 cm³/mol. The van der Waals surface area contributed by atoms with E-state index in [-0.39, 0.29) is 34.8 Å². The highest BCUT2D eigenvalue weighted by Gasteiger charge is 2.29. The van der Waals surface area contributed by atoms with E-state index in [2.05, 4.69) is 36.6 Å². The molecule has 1 amide bonds. The number of aromatic nitrogens is 2. The SMILES string of the molecule is Nc1cnc(C#Cc2cc(C(=O)N[C@H](CO)CCOC(F)(F)F)ccc2OC(F)F)cn1. The summed E-state index contributed by atoms with van der Waals surface area (Å²) in [6.07, 6.45) is -2.67. The Balaban J connectivity index is 2.19. The summed E-state index contributed by atoms with van der Waals surface area (Å²) in [6, 6.07) is 2.34. The van der Waals surface area contributed by atoms with Crippen LogP contribution in [0.2, 0.25) is 0 Å². The van der Waals surface area contributed by atoms with Crippen LogP contribution in [-0.4, -0.2) is 53.2 Å². The van der Waals surface area contributed by atoms with Gasteiger partial charge >= 0.3 is 13.0 Å². The zero-order valence-electron chi connectivity index (χ0n) is 16.2. The molecule has 1 atom stereocenters. The molecule has 0 saturated carbocycles. The van der Waals surface area contributed by atoms with Crippen LogP contribution in [0, 0.1) is 11.8 Å². The van der Waals surface area contributed by atoms with Crippen LogP contribution in [-0.2, 0) is 4.74 Å². The van der Waals surface area contributed by atoms with Crippen LogP contribution in [0.5, 0.6) is 5.75 Å². The maximum absolute atomic E-state index is 12.7. The average molecular weight is 460 g/mol. The highest BCUT2D eigenvalue weighted by Crippen LogP contribution is 2.22. The zero-order chi connectivity index (χ0) is 23.7. The number of halogens is 5. The smallest absolute Gasteiger partial charge is 0.434 e. The summed E-state index contributed by atoms with van der Waals surface area (Å²) in [7, 11) is 0. The molecule has 172 valence electrons. The lowest BCUT2D eigenvalue weighted by molar-refractivity contribution is -0.325. The Kier molecular flexibility index (Phi) is 8.68. The standard InChI is InChI=1S/C19H17F5N4O4/c20-18(21)32-15-4-2-12(7-11(15)1-3-13-8-27-16(25)9-26-13)17(30)28-14(10-29)5-6-31-19(22,23)24/h2,4,7-9,14,18,29H,5-6,10H2,(H2,25,27)(H,28,30)/t14-/m0/s1. The molecule has 0 bridgehead atoms. The minimum absolute atomic E-state index is 0.0607. The van der Waals surface area contributed by atoms with Crippen molar-refractivity contribution in [3.8, 4) is 17.6 Å². The fourth-order valence-corrected chi connectivity index (χ4v) is 2.30. The first-order chi connectivity index (χ1) is 15.1. The van der Waals surface area contributed by atoms with Gasteiger partial charge in [-0.05, 0) is 30.5 Å². The number of amides is 1. The number of aliphatic hydroxyl groups is 1. The van der Waals surface area contributed by atoms with Crippen LogP contribution >= 0.6 is 0 Å². The Morgan fingerprint density at radius 2 is 1.97 bits per heavy atom. The molecule has 0 fully saturated rings. The molecule has 0 unspecified atom stereocenters. The van der Waals surface area contributed by atoms with Gasteiger partial charge in [0, 0.05) is 5.56 Å². The summed E-state index contributed by atoms with van der Waals surface area (Å²) in [5.74, 6) is 4.16. The van der Waals surface area contributed by atoms with Crippen LogP contribution in [0.3, 0.4) is 0 Å². The van der Waals surface area contributed by atoms with Crippen molar-refractivity contribution in [2.45, 2.75) is 25.4 Å². The molecule has 0 aliphatic rings. The summed E-state index contributed by atoms with van der Waals surface area (Å²) in [6.45, 7) is -4.59. The van der Waals surface area contributed by atoms with Crippen molar-refractivity contribution in [1.82, 2.24) is 15.3 Å². The number of nitrogen functional groups attached to an aromatic ring is 1. The summed E-state index contributed by atoms with van der Waals surface area (Å²) in [4.78, 5) is 20.1. The molecule has 13 heteroatoms. The number of aliphatic hydroxyl groups excluding tert-OH is 1. The van der Waals surface area contributed by atoms with Crippen LogP contribution in [0.4, 0.5) is 27.8 Å². The first kappa shape index (κ1) is 24.8. The molecule has 8 nitrogen and oxygen atoms in total. The maximum Gasteiger partial charge on any atom is 0.522 e. The lowest BCUT2D eigenvalue weighted by atomic mass is 10.1. The third-order valence-corrected chi connectivity index (χ3v) is 3.74. The highest BCUT2D eigenvalue weighted by atomic mass is 19.4. The molecule has 0 aliphatic heterocycles. The minimum atomic E-state index is -4.84. The van der Waals surface area contributed by atoms with E-state index < -0.39 is 38.1 Å². The number of hydrogen-bond acceptors (Lipinski definition) is 7. The molecule has 2 rings (SSSR count). The van der Waals surface area contributed by atoms with Crippen molar-refractivity contribution in [2.75, 3.05) is 18.9 Å². The Hall–Kier alpha value is -3.50. The third-order valence-electron chi connectivity index (χ3n) is 3.74. The second kappa shape index (κ2) is 11.2. The fourth-order valence-electron chi connectivity index (χ4n) is 2.30. The fraction of sp³-hybridized carbons (Fsp3) is 0.316. The van der Waals surface area contributed by atoms with Crippen LogP contribution < -0.4 is 15.8 Å². The Labute approximate surface area is 178 Å². The predicted octanol–water partition coefficient (Wildman–Crippen LogP) is 2.08. The van der Waals surface area contributed by atoms with Crippen molar-refractivity contribution in [3.63, 3.8) is 0 Å². The van der Waals surface area contributed by atoms with E-state index in [4.69, 9.17) is 5.73 Å². The lowest BCUT2D eigenvalue weighted by Gasteiger charge is -2.17. The van der Waals surface area contributed by atoms with Gasteiger partial charge in [-0.3, -0.25) is 9.53 Å². The van der Waals surface area contributed by atoms with Crippen molar-refractivity contribution in [2.24, 2.45) is 0 Å². The van der Waals surface area contributed by atoms with Gasteiger partial charge in [0.05, 0.1) is 37.2 Å². The number of nitrogens with zero attached hydrogens (tertiary/aromatic N) is 2. The quantitative estimate of drug-likeness (QED) is 0.408. The number of carbonyl (C=O) groups excluding carboxylic acids is 1. The van der Waals surface area contributed by atoms with Crippen molar-refractivity contribution in [1.29, 1.82) is 0 Å². The number of nitrogens with one attached hydrogen (secondary N) is 1. The summed E-state index contributed by atoms with van der Waals surface area (Å²) >= 11 is 0. The van der Waals surface area contributed by atoms with Gasteiger partial charge in [0.25, 0.3) is 5.91 Å². The molecule has 1 aromatic carbocycles. The van der Waals surface area contributed by atoms with E-state index in [9.17, 15) is 31.9 Å². The number of ether oxygens (including phenoxy) is 2. The molecule has 0 spiro atoms. The molecule has 0 saturated heterocycles. The molecule has 32 heavy (non-hydrogen) atoms. The number of carbonyl (C=O) groups is 1. The number of benzene rings is 1. The normalized spacial score (nSPS) is 12.1. The number of anilines is 1. The van der Waals surface area contributed by atoms with Gasteiger partial charge in [0.15, 0.2) is 0 Å². The van der Waals surface area contributed by atoms with Gasteiger partial charge in [-0.25, -0.2) is 9.97 Å². The van der Waals surface area contributed by atoms with E-state index in [1.807, 2.05) is 0 Å². The second-order valence-electron chi connectivity index (χ2n) is 6.10. The summed E-state index contributed by atoms with van der Waals surface area (Å²) in [5, 5.41) is 11.6. The van der Waals surface area contributed by atoms with Crippen LogP contribution in [0.1, 0.15) is 28.0 Å². The molecular formula is C19H17F5N4O4. The molecule has 0 aliphatic carbocycles. The molecule has 1 heterocycles. The average Bonchev–Trinajstić information content (AvgIpc) is 2.72. The number of rotatable bonds is 8. The van der Waals surface area contributed by atoms with Crippen molar-refractivity contribution >= 4 is 11.7 Å². The third kappa shape index (κ3) is 8.32. The highest BCUT2D eigenvalue weighted by molar-refractivity contribution is 5.95. The zero-order valence-corrected chi connectivity index (χ0v) is 16.2. The van der Waals surface area contributed by atoms with E-state index in [1.54, 1.807) is 0 Å². The van der Waals surface area contributed by atoms with Gasteiger partial charge in [0.2, 0.25) is 0 Å². The monoisotopic (exact) mass is 460 g/mol.